The number of hydrogen-bond acceptors (Lipinski definition) is 3. The third-order valence-electron chi connectivity index (χ3n) is 3.73. The second-order valence-corrected chi connectivity index (χ2v) is 5.25. The highest BCUT2D eigenvalue weighted by atomic mass is 19.1. The molecule has 0 bridgehead atoms. The van der Waals surface area contributed by atoms with Crippen molar-refractivity contribution in [2.45, 2.75) is 20.3 Å². The third kappa shape index (κ3) is 3.13. The predicted molar refractivity (Wildman–Crippen MR) is 67.9 cm³/mol. The highest BCUT2D eigenvalue weighted by Gasteiger charge is 2.26. The van der Waals surface area contributed by atoms with E-state index < -0.39 is 5.82 Å². The summed E-state index contributed by atoms with van der Waals surface area (Å²) in [4.78, 5) is 18.0. The van der Waals surface area contributed by atoms with E-state index >= 15 is 0 Å². The zero-order valence-corrected chi connectivity index (χ0v) is 10.9. The van der Waals surface area contributed by atoms with Crippen molar-refractivity contribution in [3.63, 3.8) is 0 Å². The van der Waals surface area contributed by atoms with E-state index in [0.717, 1.165) is 25.8 Å². The predicted octanol–water partition coefficient (Wildman–Crippen LogP) is 2.38. The van der Waals surface area contributed by atoms with Crippen LogP contribution in [0.3, 0.4) is 0 Å². The maximum absolute atomic E-state index is 12.7. The van der Waals surface area contributed by atoms with Gasteiger partial charge in [0.1, 0.15) is 11.5 Å². The molecule has 0 saturated carbocycles. The molecule has 1 aliphatic heterocycles. The van der Waals surface area contributed by atoms with Gasteiger partial charge in [-0.2, -0.15) is 0 Å². The largest absolute Gasteiger partial charge is 0.302 e. The molecule has 0 radical (unpaired) electrons. The lowest BCUT2D eigenvalue weighted by Crippen LogP contribution is -2.24. The summed E-state index contributed by atoms with van der Waals surface area (Å²) in [5.41, 5.74) is 0.358. The lowest BCUT2D eigenvalue weighted by Gasteiger charge is -2.14. The monoisotopic (exact) mass is 250 g/mol. The number of hydrogen-bond donors (Lipinski definition) is 0. The molecule has 98 valence electrons. The molecule has 0 N–H and O–H groups in total. The van der Waals surface area contributed by atoms with Gasteiger partial charge in [-0.25, -0.2) is 4.39 Å². The Balaban J connectivity index is 1.84. The van der Waals surface area contributed by atoms with Crippen molar-refractivity contribution in [1.82, 2.24) is 9.88 Å². The van der Waals surface area contributed by atoms with Crippen LogP contribution >= 0.6 is 0 Å². The molecule has 4 heteroatoms. The minimum Gasteiger partial charge on any atom is -0.302 e. The standard InChI is InChI=1S/C14H19FN2O/c1-10-8-17(9-11(10)2)6-5-14(18)13-4-3-12(15)7-16-13/h3-4,7,10-11H,5-6,8-9H2,1-2H3. The number of likely N-dealkylation sites (tertiary alicyclic amines) is 1. The Morgan fingerprint density at radius 3 is 2.61 bits per heavy atom. The fourth-order valence-corrected chi connectivity index (χ4v) is 2.36. The molecule has 0 aromatic carbocycles. The van der Waals surface area contributed by atoms with Gasteiger partial charge in [-0.3, -0.25) is 9.78 Å². The number of rotatable bonds is 4. The fraction of sp³-hybridized carbons (Fsp3) is 0.571. The first-order chi connectivity index (χ1) is 8.56. The molecule has 2 heterocycles. The molecule has 0 amide bonds. The van der Waals surface area contributed by atoms with Gasteiger partial charge in [0.15, 0.2) is 5.78 Å². The van der Waals surface area contributed by atoms with Crippen LogP contribution in [0.2, 0.25) is 0 Å². The molecule has 18 heavy (non-hydrogen) atoms. The lowest BCUT2D eigenvalue weighted by atomic mass is 10.0. The van der Waals surface area contributed by atoms with Gasteiger partial charge < -0.3 is 4.90 Å². The highest BCUT2D eigenvalue weighted by molar-refractivity contribution is 5.94. The average Bonchev–Trinajstić information content (AvgIpc) is 2.67. The number of halogens is 1. The topological polar surface area (TPSA) is 33.2 Å². The van der Waals surface area contributed by atoms with Crippen molar-refractivity contribution < 1.29 is 9.18 Å². The van der Waals surface area contributed by atoms with Crippen LogP contribution in [0, 0.1) is 17.7 Å². The second kappa shape index (κ2) is 5.57. The second-order valence-electron chi connectivity index (χ2n) is 5.25. The van der Waals surface area contributed by atoms with E-state index in [-0.39, 0.29) is 5.78 Å². The van der Waals surface area contributed by atoms with E-state index in [1.807, 2.05) is 0 Å². The van der Waals surface area contributed by atoms with Crippen LogP contribution in [0.5, 0.6) is 0 Å². The van der Waals surface area contributed by atoms with Crippen molar-refractivity contribution >= 4 is 5.78 Å². The Labute approximate surface area is 107 Å². The summed E-state index contributed by atoms with van der Waals surface area (Å²) in [7, 11) is 0. The number of carbonyl (C=O) groups is 1. The van der Waals surface area contributed by atoms with E-state index in [9.17, 15) is 9.18 Å². The van der Waals surface area contributed by atoms with Crippen molar-refractivity contribution in [2.24, 2.45) is 11.8 Å². The van der Waals surface area contributed by atoms with Crippen LogP contribution in [-0.2, 0) is 0 Å². The molecular formula is C14H19FN2O. The Bertz CT molecular complexity index is 408. The van der Waals surface area contributed by atoms with Crippen molar-refractivity contribution in [3.8, 4) is 0 Å². The number of carbonyl (C=O) groups excluding carboxylic acids is 1. The molecule has 1 fully saturated rings. The van der Waals surface area contributed by atoms with Gasteiger partial charge in [0.05, 0.1) is 6.20 Å². The fourth-order valence-electron chi connectivity index (χ4n) is 2.36. The van der Waals surface area contributed by atoms with Crippen molar-refractivity contribution in [2.75, 3.05) is 19.6 Å². The Hall–Kier alpha value is -1.29. The Morgan fingerprint density at radius 1 is 1.39 bits per heavy atom. The van der Waals surface area contributed by atoms with Crippen LogP contribution in [0.4, 0.5) is 4.39 Å². The Morgan fingerprint density at radius 2 is 2.06 bits per heavy atom. The lowest BCUT2D eigenvalue weighted by molar-refractivity contribution is 0.0963. The van der Waals surface area contributed by atoms with E-state index in [1.165, 1.54) is 12.1 Å². The summed E-state index contributed by atoms with van der Waals surface area (Å²) in [5, 5.41) is 0. The number of aromatic nitrogens is 1. The molecule has 0 spiro atoms. The van der Waals surface area contributed by atoms with Crippen molar-refractivity contribution in [3.05, 3.63) is 29.8 Å². The first kappa shape index (κ1) is 13.1. The molecule has 1 aromatic rings. The van der Waals surface area contributed by atoms with E-state index in [2.05, 4.69) is 23.7 Å². The number of pyridine rings is 1. The minimum absolute atomic E-state index is 0.0118. The SMILES string of the molecule is CC1CN(CCC(=O)c2ccc(F)cn2)CC1C. The minimum atomic E-state index is -0.409. The first-order valence-corrected chi connectivity index (χ1v) is 6.43. The highest BCUT2D eigenvalue weighted by Crippen LogP contribution is 2.22. The summed E-state index contributed by atoms with van der Waals surface area (Å²) in [5.74, 6) is 0.976. The third-order valence-corrected chi connectivity index (χ3v) is 3.73. The summed E-state index contributed by atoms with van der Waals surface area (Å²) in [6.45, 7) is 7.38. The smallest absolute Gasteiger partial charge is 0.182 e. The van der Waals surface area contributed by atoms with Gasteiger partial charge in [0.2, 0.25) is 0 Å². The van der Waals surface area contributed by atoms with Gasteiger partial charge >= 0.3 is 0 Å². The van der Waals surface area contributed by atoms with Crippen LogP contribution in [-0.4, -0.2) is 35.3 Å². The summed E-state index contributed by atoms with van der Waals surface area (Å²) in [6, 6.07) is 2.73. The van der Waals surface area contributed by atoms with E-state index in [1.54, 1.807) is 0 Å². The average molecular weight is 250 g/mol. The van der Waals surface area contributed by atoms with Gasteiger partial charge in [-0.1, -0.05) is 13.8 Å². The molecule has 2 rings (SSSR count). The normalized spacial score (nSPS) is 24.4. The molecule has 2 atom stereocenters. The van der Waals surface area contributed by atoms with Gasteiger partial charge in [0.25, 0.3) is 0 Å². The van der Waals surface area contributed by atoms with Gasteiger partial charge in [-0.05, 0) is 24.0 Å². The zero-order chi connectivity index (χ0) is 13.1. The summed E-state index contributed by atoms with van der Waals surface area (Å²) >= 11 is 0. The van der Waals surface area contributed by atoms with Crippen LogP contribution in [0.15, 0.2) is 18.3 Å². The number of Topliss-reactive ketones (excluding diaryl/α,β-unsaturated/α-hetero) is 1. The molecular weight excluding hydrogens is 231 g/mol. The molecule has 0 aliphatic carbocycles. The molecule has 1 aliphatic rings. The van der Waals surface area contributed by atoms with Crippen LogP contribution in [0.1, 0.15) is 30.8 Å². The number of ketones is 1. The molecule has 2 unspecified atom stereocenters. The van der Waals surface area contributed by atoms with Crippen LogP contribution in [0.25, 0.3) is 0 Å². The maximum atomic E-state index is 12.7. The summed E-state index contributed by atoms with van der Waals surface area (Å²) < 4.78 is 12.7. The van der Waals surface area contributed by atoms with Gasteiger partial charge in [0, 0.05) is 26.1 Å². The molecule has 1 saturated heterocycles. The quantitative estimate of drug-likeness (QED) is 0.769. The maximum Gasteiger partial charge on any atom is 0.182 e. The first-order valence-electron chi connectivity index (χ1n) is 6.43. The molecule has 1 aromatic heterocycles. The summed E-state index contributed by atoms with van der Waals surface area (Å²) in [6.07, 6.45) is 1.55. The van der Waals surface area contributed by atoms with Crippen LogP contribution < -0.4 is 0 Å². The Kier molecular flexibility index (Phi) is 4.07. The zero-order valence-electron chi connectivity index (χ0n) is 10.9. The number of nitrogens with zero attached hydrogens (tertiary/aromatic N) is 2. The molecule has 3 nitrogen and oxygen atoms in total. The van der Waals surface area contributed by atoms with E-state index in [4.69, 9.17) is 0 Å². The van der Waals surface area contributed by atoms with Crippen molar-refractivity contribution in [1.29, 1.82) is 0 Å². The van der Waals surface area contributed by atoms with E-state index in [0.29, 0.717) is 24.0 Å². The van der Waals surface area contributed by atoms with Gasteiger partial charge in [-0.15, -0.1) is 0 Å².